The lowest BCUT2D eigenvalue weighted by molar-refractivity contribution is 0.625. The highest BCUT2D eigenvalue weighted by Crippen LogP contribution is 2.31. The second-order valence-corrected chi connectivity index (χ2v) is 5.75. The van der Waals surface area contributed by atoms with Crippen molar-refractivity contribution in [2.75, 3.05) is 18.0 Å². The van der Waals surface area contributed by atoms with Crippen LogP contribution in [0.5, 0.6) is 0 Å². The number of halogens is 1. The van der Waals surface area contributed by atoms with E-state index in [1.807, 2.05) is 19.1 Å². The molecular weight excluding hydrogens is 249 g/mol. The Kier molecular flexibility index (Phi) is 2.99. The van der Waals surface area contributed by atoms with E-state index in [1.54, 1.807) is 11.3 Å². The number of aryl methyl sites for hydroxylation is 1. The van der Waals surface area contributed by atoms with Gasteiger partial charge in [-0.2, -0.15) is 0 Å². The second-order valence-electron chi connectivity index (χ2n) is 4.59. The first-order valence-electron chi connectivity index (χ1n) is 6.03. The molecule has 1 saturated heterocycles. The largest absolute Gasteiger partial charge is 0.346 e. The number of hydrogen-bond acceptors (Lipinski definition) is 4. The molecule has 0 N–H and O–H groups in total. The Labute approximate surface area is 109 Å². The van der Waals surface area contributed by atoms with Crippen LogP contribution >= 0.6 is 11.3 Å². The molecule has 5 heteroatoms. The first-order chi connectivity index (χ1) is 8.72. The lowest BCUT2D eigenvalue weighted by Gasteiger charge is -2.14. The highest BCUT2D eigenvalue weighted by molar-refractivity contribution is 7.15. The SMILES string of the molecule is Cc1nnc(N2CCC(c3ccc(F)cc3)C2)s1. The average molecular weight is 263 g/mol. The molecule has 18 heavy (non-hydrogen) atoms. The summed E-state index contributed by atoms with van der Waals surface area (Å²) in [6.45, 7) is 3.91. The number of anilines is 1. The number of hydrogen-bond donors (Lipinski definition) is 0. The van der Waals surface area contributed by atoms with Gasteiger partial charge in [-0.1, -0.05) is 23.5 Å². The molecule has 0 aliphatic carbocycles. The smallest absolute Gasteiger partial charge is 0.208 e. The van der Waals surface area contributed by atoms with Crippen molar-refractivity contribution in [2.24, 2.45) is 0 Å². The number of benzene rings is 1. The fourth-order valence-corrected chi connectivity index (χ4v) is 3.08. The van der Waals surface area contributed by atoms with Gasteiger partial charge in [-0.25, -0.2) is 4.39 Å². The van der Waals surface area contributed by atoms with Gasteiger partial charge in [0.15, 0.2) is 0 Å². The summed E-state index contributed by atoms with van der Waals surface area (Å²) in [4.78, 5) is 2.26. The highest BCUT2D eigenvalue weighted by atomic mass is 32.1. The van der Waals surface area contributed by atoms with Gasteiger partial charge < -0.3 is 4.90 Å². The minimum absolute atomic E-state index is 0.173. The van der Waals surface area contributed by atoms with Crippen molar-refractivity contribution in [2.45, 2.75) is 19.3 Å². The van der Waals surface area contributed by atoms with Crippen LogP contribution < -0.4 is 4.90 Å². The summed E-state index contributed by atoms with van der Waals surface area (Å²) in [6, 6.07) is 6.84. The van der Waals surface area contributed by atoms with Crippen molar-refractivity contribution in [3.63, 3.8) is 0 Å². The molecular formula is C13H14FN3S. The van der Waals surface area contributed by atoms with Gasteiger partial charge in [-0.05, 0) is 31.0 Å². The molecule has 1 fully saturated rings. The van der Waals surface area contributed by atoms with Crippen LogP contribution in [-0.4, -0.2) is 23.3 Å². The minimum Gasteiger partial charge on any atom is -0.346 e. The Bertz CT molecular complexity index is 537. The molecule has 3 rings (SSSR count). The predicted molar refractivity (Wildman–Crippen MR) is 70.6 cm³/mol. The minimum atomic E-state index is -0.173. The van der Waals surface area contributed by atoms with Crippen LogP contribution in [0.25, 0.3) is 0 Å². The van der Waals surface area contributed by atoms with E-state index < -0.39 is 0 Å². The van der Waals surface area contributed by atoms with E-state index in [0.29, 0.717) is 5.92 Å². The molecule has 3 nitrogen and oxygen atoms in total. The maximum atomic E-state index is 12.9. The first-order valence-corrected chi connectivity index (χ1v) is 6.84. The van der Waals surface area contributed by atoms with Crippen molar-refractivity contribution in [3.8, 4) is 0 Å². The Hall–Kier alpha value is -1.49. The molecule has 1 atom stereocenters. The third kappa shape index (κ3) is 2.22. The van der Waals surface area contributed by atoms with Gasteiger partial charge in [-0.3, -0.25) is 0 Å². The summed E-state index contributed by atoms with van der Waals surface area (Å²) in [6.07, 6.45) is 1.09. The third-order valence-electron chi connectivity index (χ3n) is 3.32. The van der Waals surface area contributed by atoms with E-state index in [0.717, 1.165) is 29.6 Å². The van der Waals surface area contributed by atoms with Gasteiger partial charge in [0.25, 0.3) is 0 Å². The van der Waals surface area contributed by atoms with E-state index in [-0.39, 0.29) is 5.82 Å². The van der Waals surface area contributed by atoms with Crippen LogP contribution in [0.15, 0.2) is 24.3 Å². The van der Waals surface area contributed by atoms with Crippen LogP contribution in [0.3, 0.4) is 0 Å². The van der Waals surface area contributed by atoms with Crippen LogP contribution in [0, 0.1) is 12.7 Å². The molecule has 1 aromatic carbocycles. The molecule has 1 unspecified atom stereocenters. The molecule has 1 aliphatic rings. The molecule has 1 aliphatic heterocycles. The zero-order valence-electron chi connectivity index (χ0n) is 10.1. The van der Waals surface area contributed by atoms with Crippen LogP contribution in [0.1, 0.15) is 22.9 Å². The monoisotopic (exact) mass is 263 g/mol. The van der Waals surface area contributed by atoms with E-state index in [4.69, 9.17) is 0 Å². The topological polar surface area (TPSA) is 29.0 Å². The van der Waals surface area contributed by atoms with E-state index in [1.165, 1.54) is 17.7 Å². The summed E-state index contributed by atoms with van der Waals surface area (Å²) >= 11 is 1.63. The summed E-state index contributed by atoms with van der Waals surface area (Å²) in [7, 11) is 0. The molecule has 0 bridgehead atoms. The Morgan fingerprint density at radius 3 is 2.72 bits per heavy atom. The molecule has 2 heterocycles. The molecule has 0 radical (unpaired) electrons. The van der Waals surface area contributed by atoms with Gasteiger partial charge in [0, 0.05) is 19.0 Å². The average Bonchev–Trinajstić information content (AvgIpc) is 2.98. The third-order valence-corrected chi connectivity index (χ3v) is 4.22. The number of aromatic nitrogens is 2. The van der Waals surface area contributed by atoms with Gasteiger partial charge >= 0.3 is 0 Å². The summed E-state index contributed by atoms with van der Waals surface area (Å²) in [5, 5.41) is 10.2. The standard InChI is InChI=1S/C13H14FN3S/c1-9-15-16-13(18-9)17-7-6-11(8-17)10-2-4-12(14)5-3-10/h2-5,11H,6-8H2,1H3. The molecule has 0 amide bonds. The summed E-state index contributed by atoms with van der Waals surface area (Å²) < 4.78 is 12.9. The van der Waals surface area contributed by atoms with Crippen molar-refractivity contribution in [3.05, 3.63) is 40.7 Å². The van der Waals surface area contributed by atoms with Gasteiger partial charge in [0.1, 0.15) is 10.8 Å². The Balaban J connectivity index is 1.73. The van der Waals surface area contributed by atoms with Gasteiger partial charge in [-0.15, -0.1) is 10.2 Å². The second kappa shape index (κ2) is 4.65. The highest BCUT2D eigenvalue weighted by Gasteiger charge is 2.25. The van der Waals surface area contributed by atoms with E-state index >= 15 is 0 Å². The Morgan fingerprint density at radius 1 is 1.28 bits per heavy atom. The maximum absolute atomic E-state index is 12.9. The van der Waals surface area contributed by atoms with Gasteiger partial charge in [0.05, 0.1) is 0 Å². The zero-order valence-corrected chi connectivity index (χ0v) is 11.0. The van der Waals surface area contributed by atoms with Crippen LogP contribution in [-0.2, 0) is 0 Å². The van der Waals surface area contributed by atoms with E-state index in [9.17, 15) is 4.39 Å². The molecule has 2 aromatic rings. The summed E-state index contributed by atoms with van der Waals surface area (Å²) in [5.41, 5.74) is 1.21. The van der Waals surface area contributed by atoms with Crippen molar-refractivity contribution in [1.29, 1.82) is 0 Å². The lowest BCUT2D eigenvalue weighted by atomic mass is 9.99. The normalized spacial score (nSPS) is 19.4. The lowest BCUT2D eigenvalue weighted by Crippen LogP contribution is -2.18. The predicted octanol–water partition coefficient (Wildman–Crippen LogP) is 2.98. The van der Waals surface area contributed by atoms with Crippen molar-refractivity contribution < 1.29 is 4.39 Å². The van der Waals surface area contributed by atoms with Crippen LogP contribution in [0.4, 0.5) is 9.52 Å². The fraction of sp³-hybridized carbons (Fsp3) is 0.385. The molecule has 0 saturated carbocycles. The fourth-order valence-electron chi connectivity index (χ4n) is 2.35. The Morgan fingerprint density at radius 2 is 2.06 bits per heavy atom. The molecule has 94 valence electrons. The van der Waals surface area contributed by atoms with E-state index in [2.05, 4.69) is 15.1 Å². The maximum Gasteiger partial charge on any atom is 0.208 e. The quantitative estimate of drug-likeness (QED) is 0.834. The number of rotatable bonds is 2. The molecule has 1 aromatic heterocycles. The van der Waals surface area contributed by atoms with Crippen LogP contribution in [0.2, 0.25) is 0 Å². The first kappa shape index (κ1) is 11.6. The summed E-state index contributed by atoms with van der Waals surface area (Å²) in [5.74, 6) is 0.295. The zero-order chi connectivity index (χ0) is 12.5. The van der Waals surface area contributed by atoms with Crippen molar-refractivity contribution >= 4 is 16.5 Å². The number of nitrogens with zero attached hydrogens (tertiary/aromatic N) is 3. The van der Waals surface area contributed by atoms with Crippen molar-refractivity contribution in [1.82, 2.24) is 10.2 Å². The van der Waals surface area contributed by atoms with Gasteiger partial charge in [0.2, 0.25) is 5.13 Å². The molecule has 0 spiro atoms.